The molecule has 24 heavy (non-hydrogen) atoms. The van der Waals surface area contributed by atoms with Crippen LogP contribution in [0.15, 0.2) is 36.7 Å². The van der Waals surface area contributed by atoms with E-state index in [1.165, 1.54) is 0 Å². The third kappa shape index (κ3) is 4.14. The van der Waals surface area contributed by atoms with Gasteiger partial charge in [0.2, 0.25) is 0 Å². The molecule has 0 saturated carbocycles. The van der Waals surface area contributed by atoms with Gasteiger partial charge in [-0.15, -0.1) is 0 Å². The zero-order chi connectivity index (χ0) is 16.9. The zero-order valence-corrected chi connectivity index (χ0v) is 14.2. The average Bonchev–Trinajstić information content (AvgIpc) is 3.02. The normalized spacial score (nSPS) is 15.2. The SMILES string of the molecule is CN(C)c1cccc(C(=O)Nc2cnn(CC3CCOCC3)c2)c1. The van der Waals surface area contributed by atoms with Crippen molar-refractivity contribution in [3.8, 4) is 0 Å². The summed E-state index contributed by atoms with van der Waals surface area (Å²) in [5.74, 6) is 0.475. The predicted molar refractivity (Wildman–Crippen MR) is 94.5 cm³/mol. The summed E-state index contributed by atoms with van der Waals surface area (Å²) < 4.78 is 7.29. The van der Waals surface area contributed by atoms with Crippen LogP contribution in [0.1, 0.15) is 23.2 Å². The molecule has 1 saturated heterocycles. The van der Waals surface area contributed by atoms with E-state index in [-0.39, 0.29) is 5.91 Å². The molecule has 1 aliphatic heterocycles. The number of aromatic nitrogens is 2. The van der Waals surface area contributed by atoms with Gasteiger partial charge in [0.1, 0.15) is 0 Å². The minimum Gasteiger partial charge on any atom is -0.381 e. The van der Waals surface area contributed by atoms with E-state index in [9.17, 15) is 4.79 Å². The van der Waals surface area contributed by atoms with Crippen molar-refractivity contribution in [2.45, 2.75) is 19.4 Å². The van der Waals surface area contributed by atoms with Crippen LogP contribution in [0.4, 0.5) is 11.4 Å². The number of benzene rings is 1. The quantitative estimate of drug-likeness (QED) is 0.916. The molecule has 0 bridgehead atoms. The van der Waals surface area contributed by atoms with Gasteiger partial charge in [-0.25, -0.2) is 0 Å². The molecule has 0 aliphatic carbocycles. The molecule has 2 aromatic rings. The first-order valence-electron chi connectivity index (χ1n) is 8.31. The first-order valence-corrected chi connectivity index (χ1v) is 8.31. The number of amides is 1. The summed E-state index contributed by atoms with van der Waals surface area (Å²) in [6, 6.07) is 7.55. The van der Waals surface area contributed by atoms with Gasteiger partial charge in [0, 0.05) is 51.3 Å². The van der Waals surface area contributed by atoms with E-state index in [1.54, 1.807) is 6.20 Å². The number of hydrogen-bond acceptors (Lipinski definition) is 4. The summed E-state index contributed by atoms with van der Waals surface area (Å²) in [5, 5.41) is 7.27. The molecule has 3 rings (SSSR count). The first kappa shape index (κ1) is 16.5. The van der Waals surface area contributed by atoms with Crippen LogP contribution in [-0.4, -0.2) is 43.0 Å². The Labute approximate surface area is 142 Å². The summed E-state index contributed by atoms with van der Waals surface area (Å²) >= 11 is 0. The van der Waals surface area contributed by atoms with Crippen molar-refractivity contribution >= 4 is 17.3 Å². The van der Waals surface area contributed by atoms with Crippen LogP contribution in [0.3, 0.4) is 0 Å². The summed E-state index contributed by atoms with van der Waals surface area (Å²) in [4.78, 5) is 14.4. The fourth-order valence-corrected chi connectivity index (χ4v) is 2.85. The first-order chi connectivity index (χ1) is 11.6. The lowest BCUT2D eigenvalue weighted by Crippen LogP contribution is -2.20. The van der Waals surface area contributed by atoms with E-state index in [4.69, 9.17) is 4.74 Å². The molecule has 1 aromatic heterocycles. The van der Waals surface area contributed by atoms with Crippen molar-refractivity contribution in [3.05, 3.63) is 42.2 Å². The summed E-state index contributed by atoms with van der Waals surface area (Å²) in [6.07, 6.45) is 5.73. The molecule has 128 valence electrons. The number of rotatable bonds is 5. The maximum Gasteiger partial charge on any atom is 0.255 e. The van der Waals surface area contributed by atoms with Gasteiger partial charge in [0.15, 0.2) is 0 Å². The van der Waals surface area contributed by atoms with E-state index in [2.05, 4.69) is 10.4 Å². The molecule has 6 heteroatoms. The highest BCUT2D eigenvalue weighted by Gasteiger charge is 2.15. The Balaban J connectivity index is 1.61. The van der Waals surface area contributed by atoms with Gasteiger partial charge in [-0.2, -0.15) is 5.10 Å². The third-order valence-corrected chi connectivity index (χ3v) is 4.30. The maximum atomic E-state index is 12.4. The topological polar surface area (TPSA) is 59.4 Å². The van der Waals surface area contributed by atoms with E-state index in [0.29, 0.717) is 11.5 Å². The van der Waals surface area contributed by atoms with E-state index in [0.717, 1.165) is 44.0 Å². The van der Waals surface area contributed by atoms with Crippen molar-refractivity contribution in [3.63, 3.8) is 0 Å². The molecular formula is C18H24N4O2. The number of carbonyl (C=O) groups excluding carboxylic acids is 1. The lowest BCUT2D eigenvalue weighted by atomic mass is 10.0. The molecule has 6 nitrogen and oxygen atoms in total. The molecule has 2 heterocycles. The molecule has 1 fully saturated rings. The number of nitrogens with one attached hydrogen (secondary N) is 1. The molecule has 1 N–H and O–H groups in total. The molecular weight excluding hydrogens is 304 g/mol. The summed E-state index contributed by atoms with van der Waals surface area (Å²) in [7, 11) is 3.91. The van der Waals surface area contributed by atoms with Crippen LogP contribution < -0.4 is 10.2 Å². The monoisotopic (exact) mass is 328 g/mol. The van der Waals surface area contributed by atoms with Crippen molar-refractivity contribution in [1.29, 1.82) is 0 Å². The third-order valence-electron chi connectivity index (χ3n) is 4.30. The Morgan fingerprint density at radius 2 is 2.17 bits per heavy atom. The summed E-state index contributed by atoms with van der Waals surface area (Å²) in [6.45, 7) is 2.53. The average molecular weight is 328 g/mol. The van der Waals surface area contributed by atoms with Crippen molar-refractivity contribution in [1.82, 2.24) is 9.78 Å². The van der Waals surface area contributed by atoms with E-state index < -0.39 is 0 Å². The number of ether oxygens (including phenoxy) is 1. The molecule has 0 radical (unpaired) electrons. The van der Waals surface area contributed by atoms with Gasteiger partial charge < -0.3 is 15.0 Å². The number of carbonyl (C=O) groups is 1. The number of anilines is 2. The zero-order valence-electron chi connectivity index (χ0n) is 14.2. The highest BCUT2D eigenvalue weighted by molar-refractivity contribution is 6.04. The smallest absolute Gasteiger partial charge is 0.255 e. The lowest BCUT2D eigenvalue weighted by Gasteiger charge is -2.21. The Morgan fingerprint density at radius 1 is 1.38 bits per heavy atom. The van der Waals surface area contributed by atoms with Crippen LogP contribution in [0.25, 0.3) is 0 Å². The lowest BCUT2D eigenvalue weighted by molar-refractivity contribution is 0.0601. The van der Waals surface area contributed by atoms with Gasteiger partial charge in [-0.1, -0.05) is 6.07 Å². The molecule has 0 atom stereocenters. The minimum absolute atomic E-state index is 0.121. The highest BCUT2D eigenvalue weighted by Crippen LogP contribution is 2.18. The molecule has 1 aliphatic rings. The second-order valence-corrected chi connectivity index (χ2v) is 6.41. The summed E-state index contributed by atoms with van der Waals surface area (Å²) in [5.41, 5.74) is 2.36. The Bertz CT molecular complexity index is 690. The highest BCUT2D eigenvalue weighted by atomic mass is 16.5. The van der Waals surface area contributed by atoms with Crippen molar-refractivity contribution in [2.24, 2.45) is 5.92 Å². The van der Waals surface area contributed by atoms with Crippen LogP contribution in [0, 0.1) is 5.92 Å². The number of nitrogens with zero attached hydrogens (tertiary/aromatic N) is 3. The molecule has 1 aromatic carbocycles. The van der Waals surface area contributed by atoms with Crippen molar-refractivity contribution < 1.29 is 9.53 Å². The van der Waals surface area contributed by atoms with Crippen LogP contribution in [-0.2, 0) is 11.3 Å². The Kier molecular flexibility index (Phi) is 5.15. The van der Waals surface area contributed by atoms with Gasteiger partial charge in [0.05, 0.1) is 11.9 Å². The van der Waals surface area contributed by atoms with Gasteiger partial charge in [0.25, 0.3) is 5.91 Å². The van der Waals surface area contributed by atoms with Gasteiger partial charge in [-0.3, -0.25) is 9.48 Å². The second-order valence-electron chi connectivity index (χ2n) is 6.41. The number of hydrogen-bond donors (Lipinski definition) is 1. The maximum absolute atomic E-state index is 12.4. The largest absolute Gasteiger partial charge is 0.381 e. The Hall–Kier alpha value is -2.34. The van der Waals surface area contributed by atoms with Crippen molar-refractivity contribution in [2.75, 3.05) is 37.5 Å². The fourth-order valence-electron chi connectivity index (χ4n) is 2.85. The molecule has 0 spiro atoms. The van der Waals surface area contributed by atoms with E-state index >= 15 is 0 Å². The minimum atomic E-state index is -0.121. The van der Waals surface area contributed by atoms with Gasteiger partial charge in [-0.05, 0) is 37.0 Å². The van der Waals surface area contributed by atoms with E-state index in [1.807, 2.05) is 54.1 Å². The molecule has 1 amide bonds. The second kappa shape index (κ2) is 7.49. The van der Waals surface area contributed by atoms with Gasteiger partial charge >= 0.3 is 0 Å². The Morgan fingerprint density at radius 3 is 2.92 bits per heavy atom. The standard InChI is InChI=1S/C18H24N4O2/c1-21(2)17-5-3-4-15(10-17)18(23)20-16-11-19-22(13-16)12-14-6-8-24-9-7-14/h3-5,10-11,13-14H,6-9,12H2,1-2H3,(H,20,23). The molecule has 0 unspecified atom stereocenters. The van der Waals surface area contributed by atoms with Crippen LogP contribution >= 0.6 is 0 Å². The predicted octanol–water partition coefficient (Wildman–Crippen LogP) is 2.63. The van der Waals surface area contributed by atoms with Crippen LogP contribution in [0.2, 0.25) is 0 Å². The van der Waals surface area contributed by atoms with Crippen LogP contribution in [0.5, 0.6) is 0 Å². The fraction of sp³-hybridized carbons (Fsp3) is 0.444.